The molecular formula is C14H19N3OS. The molecule has 2 N–H and O–H groups in total. The van der Waals surface area contributed by atoms with Crippen molar-refractivity contribution in [2.45, 2.75) is 32.2 Å². The van der Waals surface area contributed by atoms with E-state index in [0.717, 1.165) is 31.4 Å². The Labute approximate surface area is 119 Å². The summed E-state index contributed by atoms with van der Waals surface area (Å²) in [5.41, 5.74) is 6.08. The summed E-state index contributed by atoms with van der Waals surface area (Å²) in [6, 6.07) is 5.68. The average molecular weight is 277 g/mol. The number of carbonyl (C=O) groups is 1. The smallest absolute Gasteiger partial charge is 0.235 e. The lowest BCUT2D eigenvalue weighted by Crippen LogP contribution is -2.47. The first-order chi connectivity index (χ1) is 9.06. The second-order valence-corrected chi connectivity index (χ2v) is 5.58. The Kier molecular flexibility index (Phi) is 4.14. The van der Waals surface area contributed by atoms with Gasteiger partial charge in [-0.2, -0.15) is 0 Å². The van der Waals surface area contributed by atoms with E-state index in [1.807, 2.05) is 18.2 Å². The molecule has 0 unspecified atom stereocenters. The van der Waals surface area contributed by atoms with Crippen LogP contribution in [0.2, 0.25) is 0 Å². The fraction of sp³-hybridized carbons (Fsp3) is 0.500. The monoisotopic (exact) mass is 277 g/mol. The van der Waals surface area contributed by atoms with Gasteiger partial charge >= 0.3 is 0 Å². The van der Waals surface area contributed by atoms with Gasteiger partial charge in [0.2, 0.25) is 5.91 Å². The van der Waals surface area contributed by atoms with Gasteiger partial charge in [0.1, 0.15) is 0 Å². The van der Waals surface area contributed by atoms with Gasteiger partial charge in [0, 0.05) is 13.2 Å². The minimum absolute atomic E-state index is 0.0307. The van der Waals surface area contributed by atoms with Gasteiger partial charge in [0.15, 0.2) is 0 Å². The predicted octanol–water partition coefficient (Wildman–Crippen LogP) is 1.89. The molecule has 1 heterocycles. The Morgan fingerprint density at radius 3 is 2.68 bits per heavy atom. The highest BCUT2D eigenvalue weighted by Crippen LogP contribution is 2.40. The first-order valence-electron chi connectivity index (χ1n) is 6.52. The molecule has 1 aliphatic carbocycles. The van der Waals surface area contributed by atoms with Gasteiger partial charge in [-0.05, 0) is 25.0 Å². The number of hydrogen-bond donors (Lipinski definition) is 1. The Balaban J connectivity index is 2.12. The molecule has 0 saturated heterocycles. The third-order valence-electron chi connectivity index (χ3n) is 3.81. The molecule has 5 heteroatoms. The molecule has 0 spiro atoms. The van der Waals surface area contributed by atoms with Crippen LogP contribution in [0.25, 0.3) is 0 Å². The number of pyridine rings is 1. The number of aromatic nitrogens is 1. The van der Waals surface area contributed by atoms with Crippen molar-refractivity contribution in [3.63, 3.8) is 0 Å². The van der Waals surface area contributed by atoms with Crippen molar-refractivity contribution in [2.75, 3.05) is 7.05 Å². The summed E-state index contributed by atoms with van der Waals surface area (Å²) in [6.07, 6.45) is 5.30. The highest BCUT2D eigenvalue weighted by Gasteiger charge is 2.45. The van der Waals surface area contributed by atoms with Crippen LogP contribution in [0.3, 0.4) is 0 Å². The zero-order chi connectivity index (χ0) is 13.9. The summed E-state index contributed by atoms with van der Waals surface area (Å²) < 4.78 is 0. The molecule has 0 aromatic carbocycles. The van der Waals surface area contributed by atoms with Gasteiger partial charge in [-0.3, -0.25) is 9.78 Å². The number of amides is 1. The van der Waals surface area contributed by atoms with Gasteiger partial charge in [0.25, 0.3) is 0 Å². The molecular weight excluding hydrogens is 258 g/mol. The predicted molar refractivity (Wildman–Crippen MR) is 78.4 cm³/mol. The van der Waals surface area contributed by atoms with E-state index in [9.17, 15) is 4.79 Å². The molecule has 0 aliphatic heterocycles. The molecule has 19 heavy (non-hydrogen) atoms. The molecule has 1 aliphatic rings. The maximum Gasteiger partial charge on any atom is 0.235 e. The van der Waals surface area contributed by atoms with Crippen molar-refractivity contribution in [1.82, 2.24) is 9.88 Å². The second kappa shape index (κ2) is 5.65. The van der Waals surface area contributed by atoms with Crippen LogP contribution in [0.5, 0.6) is 0 Å². The maximum atomic E-state index is 12.6. The van der Waals surface area contributed by atoms with Crippen molar-refractivity contribution < 1.29 is 4.79 Å². The molecule has 4 nitrogen and oxygen atoms in total. The van der Waals surface area contributed by atoms with E-state index in [0.29, 0.717) is 11.5 Å². The summed E-state index contributed by atoms with van der Waals surface area (Å²) in [4.78, 5) is 18.9. The summed E-state index contributed by atoms with van der Waals surface area (Å²) in [6.45, 7) is 0.490. The maximum absolute atomic E-state index is 12.6. The minimum atomic E-state index is -0.626. The zero-order valence-corrected chi connectivity index (χ0v) is 11.9. The molecule has 102 valence electrons. The molecule has 0 bridgehead atoms. The zero-order valence-electron chi connectivity index (χ0n) is 11.1. The standard InChI is InChI=1S/C14H19N3OS/c1-17(10-11-6-2-5-9-16-11)13(18)14(12(15)19)7-3-4-8-14/h2,5-6,9H,3-4,7-8,10H2,1H3,(H2,15,19). The minimum Gasteiger partial charge on any atom is -0.392 e. The van der Waals surface area contributed by atoms with E-state index in [2.05, 4.69) is 4.98 Å². The van der Waals surface area contributed by atoms with Crippen LogP contribution in [0.15, 0.2) is 24.4 Å². The van der Waals surface area contributed by atoms with E-state index in [1.54, 1.807) is 18.1 Å². The van der Waals surface area contributed by atoms with Gasteiger partial charge in [-0.1, -0.05) is 31.1 Å². The summed E-state index contributed by atoms with van der Waals surface area (Å²) >= 11 is 5.14. The molecule has 0 radical (unpaired) electrons. The highest BCUT2D eigenvalue weighted by atomic mass is 32.1. The molecule has 1 aromatic heterocycles. The Hall–Kier alpha value is -1.49. The van der Waals surface area contributed by atoms with Gasteiger partial charge in [0.05, 0.1) is 22.6 Å². The fourth-order valence-corrected chi connectivity index (χ4v) is 3.01. The van der Waals surface area contributed by atoms with E-state index < -0.39 is 5.41 Å². The largest absolute Gasteiger partial charge is 0.392 e. The van der Waals surface area contributed by atoms with Crippen LogP contribution in [0.4, 0.5) is 0 Å². The summed E-state index contributed by atoms with van der Waals surface area (Å²) in [7, 11) is 1.79. The van der Waals surface area contributed by atoms with Crippen LogP contribution in [-0.2, 0) is 11.3 Å². The number of rotatable bonds is 4. The molecule has 1 saturated carbocycles. The van der Waals surface area contributed by atoms with Gasteiger partial charge < -0.3 is 10.6 Å². The quantitative estimate of drug-likeness (QED) is 0.854. The van der Waals surface area contributed by atoms with Crippen molar-refractivity contribution in [3.05, 3.63) is 30.1 Å². The number of nitrogens with zero attached hydrogens (tertiary/aromatic N) is 2. The summed E-state index contributed by atoms with van der Waals surface area (Å²) in [5.74, 6) is 0.0307. The Bertz CT molecular complexity index is 469. The van der Waals surface area contributed by atoms with Gasteiger partial charge in [-0.25, -0.2) is 0 Å². The lowest BCUT2D eigenvalue weighted by molar-refractivity contribution is -0.137. The van der Waals surface area contributed by atoms with E-state index in [1.165, 1.54) is 0 Å². The van der Waals surface area contributed by atoms with Crippen LogP contribution in [0.1, 0.15) is 31.4 Å². The van der Waals surface area contributed by atoms with Crippen LogP contribution in [-0.4, -0.2) is 27.8 Å². The molecule has 1 aromatic rings. The van der Waals surface area contributed by atoms with Gasteiger partial charge in [-0.15, -0.1) is 0 Å². The number of hydrogen-bond acceptors (Lipinski definition) is 3. The average Bonchev–Trinajstić information content (AvgIpc) is 2.89. The van der Waals surface area contributed by atoms with Crippen molar-refractivity contribution >= 4 is 23.1 Å². The van der Waals surface area contributed by atoms with Crippen molar-refractivity contribution in [2.24, 2.45) is 11.1 Å². The molecule has 2 rings (SSSR count). The third kappa shape index (κ3) is 2.76. The second-order valence-electron chi connectivity index (χ2n) is 5.14. The van der Waals surface area contributed by atoms with E-state index in [4.69, 9.17) is 18.0 Å². The number of thiocarbonyl (C=S) groups is 1. The SMILES string of the molecule is CN(Cc1ccccn1)C(=O)C1(C(N)=S)CCCC1. The van der Waals surface area contributed by atoms with Crippen LogP contribution >= 0.6 is 12.2 Å². The Morgan fingerprint density at radius 2 is 2.16 bits per heavy atom. The van der Waals surface area contributed by atoms with E-state index in [-0.39, 0.29) is 5.91 Å². The topological polar surface area (TPSA) is 59.2 Å². The van der Waals surface area contributed by atoms with Crippen LogP contribution < -0.4 is 5.73 Å². The number of nitrogens with two attached hydrogens (primary N) is 1. The number of carbonyl (C=O) groups excluding carboxylic acids is 1. The van der Waals surface area contributed by atoms with E-state index >= 15 is 0 Å². The normalized spacial score (nSPS) is 17.1. The van der Waals surface area contributed by atoms with Crippen molar-refractivity contribution in [3.8, 4) is 0 Å². The Morgan fingerprint density at radius 1 is 1.47 bits per heavy atom. The lowest BCUT2D eigenvalue weighted by atomic mass is 9.84. The molecule has 1 fully saturated rings. The first kappa shape index (κ1) is 13.9. The lowest BCUT2D eigenvalue weighted by Gasteiger charge is -2.31. The molecule has 1 amide bonds. The highest BCUT2D eigenvalue weighted by molar-refractivity contribution is 7.80. The summed E-state index contributed by atoms with van der Waals surface area (Å²) in [5, 5.41) is 0. The molecule has 0 atom stereocenters. The van der Waals surface area contributed by atoms with Crippen molar-refractivity contribution in [1.29, 1.82) is 0 Å². The van der Waals surface area contributed by atoms with Crippen LogP contribution in [0, 0.1) is 5.41 Å². The first-order valence-corrected chi connectivity index (χ1v) is 6.92. The fourth-order valence-electron chi connectivity index (χ4n) is 2.72. The third-order valence-corrected chi connectivity index (χ3v) is 4.20.